The van der Waals surface area contributed by atoms with E-state index in [2.05, 4.69) is 6.92 Å². The zero-order chi connectivity index (χ0) is 12.2. The summed E-state index contributed by atoms with van der Waals surface area (Å²) in [5, 5.41) is 19.5. The Balaban J connectivity index is 2.64. The molecule has 0 amide bonds. The van der Waals surface area contributed by atoms with E-state index in [0.29, 0.717) is 6.42 Å². The van der Waals surface area contributed by atoms with Crippen LogP contribution in [0.5, 0.6) is 0 Å². The van der Waals surface area contributed by atoms with Crippen LogP contribution >= 0.6 is 0 Å². The lowest BCUT2D eigenvalue weighted by Crippen LogP contribution is -2.47. The zero-order valence-corrected chi connectivity index (χ0v) is 10.4. The summed E-state index contributed by atoms with van der Waals surface area (Å²) >= 11 is 0. The maximum absolute atomic E-state index is 11.2. The third-order valence-corrected chi connectivity index (χ3v) is 4.10. The molecule has 0 radical (unpaired) electrons. The van der Waals surface area contributed by atoms with E-state index in [0.717, 1.165) is 38.0 Å². The van der Waals surface area contributed by atoms with Crippen LogP contribution in [0.2, 0.25) is 0 Å². The Morgan fingerprint density at radius 2 is 1.81 bits per heavy atom. The topological polar surface area (TPSA) is 57.5 Å². The highest BCUT2D eigenvalue weighted by atomic mass is 16.4. The van der Waals surface area contributed by atoms with Crippen LogP contribution in [0.3, 0.4) is 0 Å². The van der Waals surface area contributed by atoms with Gasteiger partial charge in [0, 0.05) is 0 Å². The Hall–Kier alpha value is -0.570. The lowest BCUT2D eigenvalue weighted by molar-refractivity contribution is -0.168. The van der Waals surface area contributed by atoms with Crippen molar-refractivity contribution in [3.8, 4) is 0 Å². The van der Waals surface area contributed by atoms with Crippen molar-refractivity contribution in [3.63, 3.8) is 0 Å². The summed E-state index contributed by atoms with van der Waals surface area (Å²) in [7, 11) is 0. The summed E-state index contributed by atoms with van der Waals surface area (Å²) in [6, 6.07) is 0. The Labute approximate surface area is 97.9 Å². The van der Waals surface area contributed by atoms with Gasteiger partial charge >= 0.3 is 5.97 Å². The Morgan fingerprint density at radius 3 is 2.19 bits per heavy atom. The average molecular weight is 228 g/mol. The smallest absolute Gasteiger partial charge is 0.335 e. The fourth-order valence-corrected chi connectivity index (χ4v) is 2.92. The number of carboxylic acid groups (broad SMARTS) is 1. The van der Waals surface area contributed by atoms with Crippen molar-refractivity contribution in [2.24, 2.45) is 11.8 Å². The second-order valence-electron chi connectivity index (χ2n) is 5.11. The van der Waals surface area contributed by atoms with Crippen LogP contribution in [0.1, 0.15) is 58.8 Å². The molecule has 3 heteroatoms. The fraction of sp³-hybridized carbons (Fsp3) is 0.923. The van der Waals surface area contributed by atoms with Crippen molar-refractivity contribution in [1.82, 2.24) is 0 Å². The summed E-state index contributed by atoms with van der Waals surface area (Å²) in [6.07, 6.45) is 6.13. The van der Waals surface area contributed by atoms with Crippen LogP contribution in [0.4, 0.5) is 0 Å². The molecular formula is C13H24O3. The molecule has 0 aromatic heterocycles. The summed E-state index contributed by atoms with van der Waals surface area (Å²) in [5.74, 6) is -0.349. The van der Waals surface area contributed by atoms with E-state index < -0.39 is 11.6 Å². The number of hydrogen-bond donors (Lipinski definition) is 2. The first kappa shape index (κ1) is 13.5. The average Bonchev–Trinajstić information content (AvgIpc) is 2.29. The first-order valence-corrected chi connectivity index (χ1v) is 6.50. The molecule has 2 N–H and O–H groups in total. The Bertz CT molecular complexity index is 231. The molecule has 0 heterocycles. The number of carbonyl (C=O) groups is 1. The minimum Gasteiger partial charge on any atom is -0.479 e. The molecular weight excluding hydrogens is 204 g/mol. The van der Waals surface area contributed by atoms with Crippen molar-refractivity contribution in [1.29, 1.82) is 0 Å². The molecule has 16 heavy (non-hydrogen) atoms. The summed E-state index contributed by atoms with van der Waals surface area (Å²) in [4.78, 5) is 11.2. The standard InChI is InChI=1S/C13H24O3/c1-3-9-13(16,12(14)15)11-7-5-10(4-2)6-8-11/h10-11,16H,3-9H2,1-2H3,(H,14,15). The molecule has 1 fully saturated rings. The van der Waals surface area contributed by atoms with E-state index in [-0.39, 0.29) is 5.92 Å². The molecule has 0 aliphatic heterocycles. The third-order valence-electron chi connectivity index (χ3n) is 4.10. The van der Waals surface area contributed by atoms with Gasteiger partial charge < -0.3 is 10.2 Å². The van der Waals surface area contributed by atoms with Gasteiger partial charge in [0.05, 0.1) is 0 Å². The van der Waals surface area contributed by atoms with Gasteiger partial charge in [-0.25, -0.2) is 4.79 Å². The van der Waals surface area contributed by atoms with Crippen molar-refractivity contribution in [3.05, 3.63) is 0 Å². The van der Waals surface area contributed by atoms with Gasteiger partial charge in [-0.15, -0.1) is 0 Å². The minimum absolute atomic E-state index is 0.0484. The second kappa shape index (κ2) is 5.67. The molecule has 0 bridgehead atoms. The highest BCUT2D eigenvalue weighted by Crippen LogP contribution is 2.38. The molecule has 0 saturated heterocycles. The quantitative estimate of drug-likeness (QED) is 0.760. The monoisotopic (exact) mass is 228 g/mol. The number of rotatable bonds is 5. The summed E-state index contributed by atoms with van der Waals surface area (Å²) < 4.78 is 0. The van der Waals surface area contributed by atoms with Gasteiger partial charge in [-0.2, -0.15) is 0 Å². The van der Waals surface area contributed by atoms with Crippen LogP contribution in [0.25, 0.3) is 0 Å². The normalized spacial score (nSPS) is 29.7. The number of carboxylic acids is 1. The van der Waals surface area contributed by atoms with E-state index in [1.165, 1.54) is 6.42 Å². The first-order chi connectivity index (χ1) is 7.54. The van der Waals surface area contributed by atoms with Crippen LogP contribution in [0, 0.1) is 11.8 Å². The molecule has 1 atom stereocenters. The van der Waals surface area contributed by atoms with Crippen molar-refractivity contribution >= 4 is 5.97 Å². The minimum atomic E-state index is -1.48. The van der Waals surface area contributed by atoms with Crippen molar-refractivity contribution in [2.75, 3.05) is 0 Å². The Morgan fingerprint density at radius 1 is 1.25 bits per heavy atom. The number of aliphatic hydroxyl groups is 1. The van der Waals surface area contributed by atoms with Crippen LogP contribution in [-0.2, 0) is 4.79 Å². The van der Waals surface area contributed by atoms with Gasteiger partial charge in [0.15, 0.2) is 5.60 Å². The number of hydrogen-bond acceptors (Lipinski definition) is 2. The summed E-state index contributed by atoms with van der Waals surface area (Å²) in [5.41, 5.74) is -1.48. The second-order valence-corrected chi connectivity index (χ2v) is 5.11. The van der Waals surface area contributed by atoms with Crippen LogP contribution in [-0.4, -0.2) is 21.8 Å². The van der Waals surface area contributed by atoms with Crippen LogP contribution < -0.4 is 0 Å². The van der Waals surface area contributed by atoms with E-state index in [9.17, 15) is 15.0 Å². The molecule has 1 aliphatic rings. The predicted octanol–water partition coefficient (Wildman–Crippen LogP) is 2.82. The van der Waals surface area contributed by atoms with Gasteiger partial charge in [0.1, 0.15) is 0 Å². The van der Waals surface area contributed by atoms with Gasteiger partial charge in [0.25, 0.3) is 0 Å². The molecule has 0 aromatic rings. The van der Waals surface area contributed by atoms with Gasteiger partial charge in [-0.3, -0.25) is 0 Å². The maximum Gasteiger partial charge on any atom is 0.335 e. The summed E-state index contributed by atoms with van der Waals surface area (Å²) in [6.45, 7) is 4.10. The molecule has 94 valence electrons. The third kappa shape index (κ3) is 2.76. The molecule has 1 rings (SSSR count). The van der Waals surface area contributed by atoms with Crippen LogP contribution in [0.15, 0.2) is 0 Å². The van der Waals surface area contributed by atoms with E-state index in [4.69, 9.17) is 0 Å². The van der Waals surface area contributed by atoms with Crippen molar-refractivity contribution < 1.29 is 15.0 Å². The van der Waals surface area contributed by atoms with E-state index in [1.807, 2.05) is 6.92 Å². The van der Waals surface area contributed by atoms with Crippen molar-refractivity contribution in [2.45, 2.75) is 64.4 Å². The van der Waals surface area contributed by atoms with E-state index >= 15 is 0 Å². The Kier molecular flexibility index (Phi) is 4.78. The lowest BCUT2D eigenvalue weighted by atomic mass is 9.71. The molecule has 1 aliphatic carbocycles. The van der Waals surface area contributed by atoms with Gasteiger partial charge in [-0.05, 0) is 31.1 Å². The molecule has 3 nitrogen and oxygen atoms in total. The molecule has 1 saturated carbocycles. The molecule has 0 aromatic carbocycles. The first-order valence-electron chi connectivity index (χ1n) is 6.50. The van der Waals surface area contributed by atoms with Gasteiger partial charge in [0.2, 0.25) is 0 Å². The lowest BCUT2D eigenvalue weighted by Gasteiger charge is -2.37. The molecule has 0 spiro atoms. The largest absolute Gasteiger partial charge is 0.479 e. The van der Waals surface area contributed by atoms with E-state index in [1.54, 1.807) is 0 Å². The SMILES string of the molecule is CCCC(O)(C(=O)O)C1CCC(CC)CC1. The highest BCUT2D eigenvalue weighted by Gasteiger charge is 2.44. The fourth-order valence-electron chi connectivity index (χ4n) is 2.92. The zero-order valence-electron chi connectivity index (χ0n) is 10.4. The highest BCUT2D eigenvalue weighted by molar-refractivity contribution is 5.77. The molecule has 1 unspecified atom stereocenters. The predicted molar refractivity (Wildman–Crippen MR) is 63.2 cm³/mol. The van der Waals surface area contributed by atoms with Gasteiger partial charge in [-0.1, -0.05) is 39.5 Å². The number of aliphatic carboxylic acids is 1. The maximum atomic E-state index is 11.2.